The quantitative estimate of drug-likeness (QED) is 0.847. The lowest BCUT2D eigenvalue weighted by Gasteiger charge is -2.23. The number of hydrogen-bond donors (Lipinski definition) is 1. The maximum atomic E-state index is 12.5. The van der Waals surface area contributed by atoms with Crippen LogP contribution in [0.4, 0.5) is 5.69 Å². The molecule has 134 valence electrons. The zero-order valence-electron chi connectivity index (χ0n) is 14.4. The number of likely N-dealkylation sites (tertiary alicyclic amines) is 1. The van der Waals surface area contributed by atoms with Crippen LogP contribution in [0, 0.1) is 11.3 Å². The van der Waals surface area contributed by atoms with Crippen LogP contribution >= 0.6 is 23.1 Å². The number of nitrogens with one attached hydrogen (secondary N) is 1. The molecule has 1 aromatic carbocycles. The molecule has 1 aliphatic heterocycles. The lowest BCUT2D eigenvalue weighted by atomic mass is 10.2. The van der Waals surface area contributed by atoms with Crippen molar-refractivity contribution >= 4 is 40.6 Å². The molecule has 0 bridgehead atoms. The Morgan fingerprint density at radius 3 is 3.00 bits per heavy atom. The van der Waals surface area contributed by atoms with Gasteiger partial charge in [-0.2, -0.15) is 17.0 Å². The minimum Gasteiger partial charge on any atom is -0.334 e. The van der Waals surface area contributed by atoms with E-state index in [0.717, 1.165) is 24.3 Å². The largest absolute Gasteiger partial charge is 0.334 e. The molecule has 0 aliphatic carbocycles. The molecule has 7 heteroatoms. The first-order valence-electron chi connectivity index (χ1n) is 8.32. The molecule has 1 aliphatic rings. The van der Waals surface area contributed by atoms with Gasteiger partial charge in [-0.25, -0.2) is 0 Å². The van der Waals surface area contributed by atoms with Gasteiger partial charge in [-0.1, -0.05) is 6.07 Å². The summed E-state index contributed by atoms with van der Waals surface area (Å²) in [6, 6.07) is 12.7. The molecular weight excluding hydrogens is 366 g/mol. The topological polar surface area (TPSA) is 73.2 Å². The van der Waals surface area contributed by atoms with E-state index in [9.17, 15) is 9.59 Å². The van der Waals surface area contributed by atoms with E-state index in [-0.39, 0.29) is 17.9 Å². The van der Waals surface area contributed by atoms with Crippen molar-refractivity contribution in [2.75, 3.05) is 23.9 Å². The summed E-state index contributed by atoms with van der Waals surface area (Å²) < 4.78 is 0. The lowest BCUT2D eigenvalue weighted by molar-refractivity contribution is -0.129. The van der Waals surface area contributed by atoms with Gasteiger partial charge < -0.3 is 10.2 Å². The molecule has 1 atom stereocenters. The Labute approximate surface area is 161 Å². The van der Waals surface area contributed by atoms with Gasteiger partial charge in [0.25, 0.3) is 5.91 Å². The minimum atomic E-state index is -0.198. The predicted molar refractivity (Wildman–Crippen MR) is 105 cm³/mol. The average Bonchev–Trinajstić information content (AvgIpc) is 3.31. The van der Waals surface area contributed by atoms with Crippen molar-refractivity contribution in [1.82, 2.24) is 4.90 Å². The fourth-order valence-electron chi connectivity index (χ4n) is 3.08. The van der Waals surface area contributed by atoms with Gasteiger partial charge in [0.2, 0.25) is 5.91 Å². The number of carbonyl (C=O) groups excluding carboxylic acids is 2. The Kier molecular flexibility index (Phi) is 5.96. The summed E-state index contributed by atoms with van der Waals surface area (Å²) in [5.74, 6) is 0.453. The number of hydrogen-bond acceptors (Lipinski definition) is 5. The van der Waals surface area contributed by atoms with E-state index < -0.39 is 0 Å². The van der Waals surface area contributed by atoms with Gasteiger partial charge in [0.1, 0.15) is 0 Å². The number of rotatable bonds is 5. The van der Waals surface area contributed by atoms with E-state index in [1.807, 2.05) is 17.2 Å². The molecule has 3 rings (SSSR count). The summed E-state index contributed by atoms with van der Waals surface area (Å²) >= 11 is 2.96. The minimum absolute atomic E-state index is 0.0723. The molecule has 1 N–H and O–H groups in total. The maximum Gasteiger partial charge on any atom is 0.265 e. The Hall–Kier alpha value is -2.30. The van der Waals surface area contributed by atoms with Crippen LogP contribution in [0.25, 0.3) is 0 Å². The lowest BCUT2D eigenvalue weighted by Crippen LogP contribution is -2.31. The summed E-state index contributed by atoms with van der Waals surface area (Å²) in [6.45, 7) is 0.782. The zero-order chi connectivity index (χ0) is 18.5. The summed E-state index contributed by atoms with van der Waals surface area (Å²) in [5.41, 5.74) is 1.10. The molecule has 1 fully saturated rings. The number of nitriles is 1. The van der Waals surface area contributed by atoms with E-state index >= 15 is 0 Å². The van der Waals surface area contributed by atoms with Crippen molar-refractivity contribution in [2.45, 2.75) is 18.9 Å². The van der Waals surface area contributed by atoms with E-state index in [1.165, 1.54) is 23.1 Å². The van der Waals surface area contributed by atoms with Crippen molar-refractivity contribution in [3.05, 3.63) is 51.7 Å². The number of amides is 2. The van der Waals surface area contributed by atoms with Crippen molar-refractivity contribution in [3.8, 4) is 6.07 Å². The molecule has 5 nitrogen and oxygen atoms in total. The third-order valence-corrected chi connectivity index (χ3v) is 5.99. The predicted octanol–water partition coefficient (Wildman–Crippen LogP) is 3.90. The second-order valence-electron chi connectivity index (χ2n) is 6.03. The zero-order valence-corrected chi connectivity index (χ0v) is 16.0. The molecule has 2 amide bonds. The Balaban J connectivity index is 1.71. The first-order valence-corrected chi connectivity index (χ1v) is 10.5. The van der Waals surface area contributed by atoms with Crippen LogP contribution in [0.2, 0.25) is 0 Å². The number of nitrogens with zero attached hydrogens (tertiary/aromatic N) is 2. The third kappa shape index (κ3) is 4.09. The van der Waals surface area contributed by atoms with Crippen molar-refractivity contribution in [1.29, 1.82) is 5.26 Å². The van der Waals surface area contributed by atoms with Gasteiger partial charge in [-0.15, -0.1) is 11.3 Å². The highest BCUT2D eigenvalue weighted by molar-refractivity contribution is 7.99. The molecule has 1 aromatic heterocycles. The molecule has 0 radical (unpaired) electrons. The van der Waals surface area contributed by atoms with Crippen molar-refractivity contribution in [2.24, 2.45) is 0 Å². The first kappa shape index (κ1) is 18.5. The number of thiophene rings is 1. The van der Waals surface area contributed by atoms with E-state index in [4.69, 9.17) is 5.26 Å². The monoisotopic (exact) mass is 385 g/mol. The van der Waals surface area contributed by atoms with Crippen LogP contribution in [0.5, 0.6) is 0 Å². The van der Waals surface area contributed by atoms with Crippen molar-refractivity contribution < 1.29 is 9.59 Å². The molecule has 1 saturated heterocycles. The van der Waals surface area contributed by atoms with Gasteiger partial charge in [0.15, 0.2) is 0 Å². The van der Waals surface area contributed by atoms with Crippen LogP contribution in [-0.4, -0.2) is 35.3 Å². The normalized spacial score (nSPS) is 16.3. The maximum absolute atomic E-state index is 12.5. The number of benzene rings is 1. The summed E-state index contributed by atoms with van der Waals surface area (Å²) in [6.07, 6.45) is 3.86. The number of thioether (sulfide) groups is 1. The van der Waals surface area contributed by atoms with Crippen molar-refractivity contribution in [3.63, 3.8) is 0 Å². The highest BCUT2D eigenvalue weighted by Crippen LogP contribution is 2.36. The van der Waals surface area contributed by atoms with Gasteiger partial charge in [-0.05, 0) is 49.4 Å². The van der Waals surface area contributed by atoms with Crippen LogP contribution in [-0.2, 0) is 4.79 Å². The van der Waals surface area contributed by atoms with Crippen LogP contribution < -0.4 is 5.32 Å². The van der Waals surface area contributed by atoms with Gasteiger partial charge >= 0.3 is 0 Å². The Morgan fingerprint density at radius 1 is 1.38 bits per heavy atom. The standard InChI is InChI=1S/C19H19N3O2S2/c1-25-12-18(23)22-9-3-6-15(22)16-7-8-17(26-16)19(24)21-14-5-2-4-13(10-14)11-20/h2,4-5,7-8,10,15H,3,6,9,12H2,1H3,(H,21,24)/t15-/m1/s1. The molecule has 0 saturated carbocycles. The highest BCUT2D eigenvalue weighted by atomic mass is 32.2. The second kappa shape index (κ2) is 8.39. The Bertz CT molecular complexity index is 856. The fraction of sp³-hybridized carbons (Fsp3) is 0.316. The molecule has 2 aromatic rings. The SMILES string of the molecule is CSCC(=O)N1CCC[C@@H]1c1ccc(C(=O)Nc2cccc(C#N)c2)s1. The van der Waals surface area contributed by atoms with Crippen LogP contribution in [0.3, 0.4) is 0 Å². The van der Waals surface area contributed by atoms with E-state index in [2.05, 4.69) is 11.4 Å². The van der Waals surface area contributed by atoms with Gasteiger partial charge in [0, 0.05) is 17.1 Å². The van der Waals surface area contributed by atoms with Gasteiger partial charge in [-0.3, -0.25) is 9.59 Å². The third-order valence-electron chi connectivity index (χ3n) is 4.27. The molecule has 0 spiro atoms. The summed E-state index contributed by atoms with van der Waals surface area (Å²) in [4.78, 5) is 28.4. The van der Waals surface area contributed by atoms with E-state index in [0.29, 0.717) is 21.9 Å². The second-order valence-corrected chi connectivity index (χ2v) is 8.01. The van der Waals surface area contributed by atoms with E-state index in [1.54, 1.807) is 30.3 Å². The molecule has 26 heavy (non-hydrogen) atoms. The summed E-state index contributed by atoms with van der Waals surface area (Å²) in [7, 11) is 0. The highest BCUT2D eigenvalue weighted by Gasteiger charge is 2.30. The first-order chi connectivity index (χ1) is 12.6. The fourth-order valence-corrected chi connectivity index (χ4v) is 4.54. The molecular formula is C19H19N3O2S2. The smallest absolute Gasteiger partial charge is 0.265 e. The number of carbonyl (C=O) groups is 2. The Morgan fingerprint density at radius 2 is 2.23 bits per heavy atom. The molecule has 2 heterocycles. The summed E-state index contributed by atoms with van der Waals surface area (Å²) in [5, 5.41) is 11.8. The average molecular weight is 386 g/mol. The number of anilines is 1. The van der Waals surface area contributed by atoms with Crippen LogP contribution in [0.1, 0.15) is 39.0 Å². The molecule has 0 unspecified atom stereocenters. The van der Waals surface area contributed by atoms with Crippen LogP contribution in [0.15, 0.2) is 36.4 Å². The van der Waals surface area contributed by atoms with Gasteiger partial charge in [0.05, 0.1) is 28.3 Å².